The fourth-order valence-corrected chi connectivity index (χ4v) is 2.97. The van der Waals surface area contributed by atoms with Crippen LogP contribution in [0.1, 0.15) is 13.8 Å². The van der Waals surface area contributed by atoms with Gasteiger partial charge in [0.1, 0.15) is 0 Å². The number of rotatable bonds is 0. The summed E-state index contributed by atoms with van der Waals surface area (Å²) in [6.45, 7) is 4.00. The van der Waals surface area contributed by atoms with Crippen molar-refractivity contribution in [3.05, 3.63) is 97.1 Å². The maximum atomic E-state index is 2.24. The first-order chi connectivity index (χ1) is 11.9. The summed E-state index contributed by atoms with van der Waals surface area (Å²) in [5.41, 5.74) is 0. The van der Waals surface area contributed by atoms with Crippen LogP contribution in [0.5, 0.6) is 0 Å². The Morgan fingerprint density at radius 2 is 1.00 bits per heavy atom. The van der Waals surface area contributed by atoms with Crippen LogP contribution in [0.2, 0.25) is 0 Å². The van der Waals surface area contributed by atoms with Gasteiger partial charge in [0.25, 0.3) is 0 Å². The van der Waals surface area contributed by atoms with Gasteiger partial charge in [0.15, 0.2) is 0 Å². The number of hydrogen-bond acceptors (Lipinski definition) is 0. The van der Waals surface area contributed by atoms with E-state index < -0.39 is 0 Å². The van der Waals surface area contributed by atoms with Crippen molar-refractivity contribution in [1.82, 2.24) is 0 Å². The molecule has 5 rings (SSSR count). The maximum Gasteiger partial charge on any atom is 4.00 e. The second-order valence-electron chi connectivity index (χ2n) is 5.47. The van der Waals surface area contributed by atoms with Gasteiger partial charge >= 0.3 is 26.2 Å². The average Bonchev–Trinajstić information content (AvgIpc) is 3.28. The number of halogens is 2. The van der Waals surface area contributed by atoms with Crippen LogP contribution in [0.4, 0.5) is 0 Å². The second-order valence-corrected chi connectivity index (χ2v) is 5.47. The monoisotopic (exact) mass is 470 g/mol. The molecule has 0 saturated carbocycles. The van der Waals surface area contributed by atoms with Gasteiger partial charge in [-0.3, -0.25) is 0 Å². The summed E-state index contributed by atoms with van der Waals surface area (Å²) in [5.74, 6) is 0. The van der Waals surface area contributed by atoms with E-state index in [1.54, 1.807) is 0 Å². The molecule has 0 unspecified atom stereocenters. The molecule has 0 heterocycles. The molecular formula is C24H22Cl2Zr. The summed E-state index contributed by atoms with van der Waals surface area (Å²) in [5, 5.41) is 8.05. The molecule has 0 fully saturated rings. The summed E-state index contributed by atoms with van der Waals surface area (Å²) in [4.78, 5) is 0. The van der Waals surface area contributed by atoms with Crippen LogP contribution in [0.15, 0.2) is 97.1 Å². The Kier molecular flexibility index (Phi) is 12.2. The van der Waals surface area contributed by atoms with Gasteiger partial charge in [-0.2, -0.15) is 17.5 Å². The van der Waals surface area contributed by atoms with E-state index in [0.29, 0.717) is 0 Å². The fourth-order valence-electron chi connectivity index (χ4n) is 2.97. The Bertz CT molecular complexity index is 963. The largest absolute Gasteiger partial charge is 4.00 e. The summed E-state index contributed by atoms with van der Waals surface area (Å²) in [6, 6.07) is 33.9. The van der Waals surface area contributed by atoms with Gasteiger partial charge in [0.05, 0.1) is 0 Å². The van der Waals surface area contributed by atoms with E-state index in [9.17, 15) is 0 Å². The molecule has 0 N–H and O–H groups in total. The molecule has 0 radical (unpaired) electrons. The van der Waals surface area contributed by atoms with Gasteiger partial charge in [-0.1, -0.05) is 56.3 Å². The normalized spacial score (nSPS) is 8.96. The van der Waals surface area contributed by atoms with Crippen molar-refractivity contribution >= 4 is 32.3 Å². The molecule has 136 valence electrons. The van der Waals surface area contributed by atoms with Crippen LogP contribution >= 0.6 is 0 Å². The Balaban J connectivity index is 0.000000433. The van der Waals surface area contributed by atoms with E-state index in [-0.39, 0.29) is 51.0 Å². The summed E-state index contributed by atoms with van der Waals surface area (Å²) >= 11 is 0. The van der Waals surface area contributed by atoms with E-state index in [0.717, 1.165) is 0 Å². The first-order valence-electron chi connectivity index (χ1n) is 8.55. The van der Waals surface area contributed by atoms with Crippen LogP contribution < -0.4 is 24.8 Å². The smallest absolute Gasteiger partial charge is 1.00 e. The van der Waals surface area contributed by atoms with Gasteiger partial charge in [-0.15, -0.1) is 69.4 Å². The third-order valence-corrected chi connectivity index (χ3v) is 4.07. The molecule has 5 aromatic carbocycles. The third kappa shape index (κ3) is 6.04. The maximum absolute atomic E-state index is 2.24. The van der Waals surface area contributed by atoms with Crippen molar-refractivity contribution in [1.29, 1.82) is 0 Å². The zero-order valence-electron chi connectivity index (χ0n) is 15.5. The van der Waals surface area contributed by atoms with Crippen LogP contribution in [0.25, 0.3) is 32.3 Å². The van der Waals surface area contributed by atoms with Crippen LogP contribution in [0, 0.1) is 0 Å². The van der Waals surface area contributed by atoms with Crippen LogP contribution in [0.3, 0.4) is 0 Å². The molecular weight excluding hydrogens is 450 g/mol. The Hall–Kier alpha value is -1.40. The summed E-state index contributed by atoms with van der Waals surface area (Å²) in [7, 11) is 0. The minimum absolute atomic E-state index is 0. The minimum atomic E-state index is 0. The summed E-state index contributed by atoms with van der Waals surface area (Å²) < 4.78 is 0. The Morgan fingerprint density at radius 1 is 0.556 bits per heavy atom. The summed E-state index contributed by atoms with van der Waals surface area (Å²) in [6.07, 6.45) is 0. The molecule has 0 nitrogen and oxygen atoms in total. The molecule has 0 bridgehead atoms. The van der Waals surface area contributed by atoms with Crippen molar-refractivity contribution < 1.29 is 51.0 Å². The topological polar surface area (TPSA) is 0 Å². The van der Waals surface area contributed by atoms with Crippen molar-refractivity contribution in [2.75, 3.05) is 0 Å². The zero-order chi connectivity index (χ0) is 16.8. The number of benzene rings is 3. The predicted molar refractivity (Wildman–Crippen MR) is 108 cm³/mol. The quantitative estimate of drug-likeness (QED) is 0.298. The fraction of sp³-hybridized carbons (Fsp3) is 0.0833. The Morgan fingerprint density at radius 3 is 1.52 bits per heavy atom. The minimum Gasteiger partial charge on any atom is -1.00 e. The molecule has 5 aromatic rings. The molecule has 0 aliphatic heterocycles. The third-order valence-electron chi connectivity index (χ3n) is 4.07. The predicted octanol–water partition coefficient (Wildman–Crippen LogP) is 1.30. The second kappa shape index (κ2) is 12.9. The first-order valence-corrected chi connectivity index (χ1v) is 8.55. The zero-order valence-corrected chi connectivity index (χ0v) is 19.5. The molecule has 0 amide bonds. The molecule has 0 saturated heterocycles. The van der Waals surface area contributed by atoms with Gasteiger partial charge in [0.2, 0.25) is 0 Å². The first kappa shape index (κ1) is 25.6. The molecule has 0 spiro atoms. The SMILES string of the molecule is CC.[Cl-].[Cl-].[Zr+4].c1ccc2[cH-]ccc2c1.c1ccc2c(c1)[cH-]c1ccccc12. The van der Waals surface area contributed by atoms with Gasteiger partial charge < -0.3 is 24.8 Å². The Labute approximate surface area is 193 Å². The molecule has 3 heteroatoms. The van der Waals surface area contributed by atoms with E-state index in [1.807, 2.05) is 13.8 Å². The molecule has 27 heavy (non-hydrogen) atoms. The van der Waals surface area contributed by atoms with Crippen molar-refractivity contribution in [2.45, 2.75) is 13.8 Å². The van der Waals surface area contributed by atoms with Gasteiger partial charge in [-0.25, -0.2) is 0 Å². The molecule has 0 atom stereocenters. The van der Waals surface area contributed by atoms with Crippen LogP contribution in [-0.4, -0.2) is 0 Å². The van der Waals surface area contributed by atoms with Crippen molar-refractivity contribution in [3.63, 3.8) is 0 Å². The van der Waals surface area contributed by atoms with E-state index in [4.69, 9.17) is 0 Å². The van der Waals surface area contributed by atoms with Gasteiger partial charge in [0, 0.05) is 0 Å². The van der Waals surface area contributed by atoms with Crippen molar-refractivity contribution in [2.24, 2.45) is 0 Å². The molecule has 0 aliphatic rings. The van der Waals surface area contributed by atoms with E-state index >= 15 is 0 Å². The average molecular weight is 473 g/mol. The van der Waals surface area contributed by atoms with E-state index in [1.165, 1.54) is 32.3 Å². The molecule has 0 aliphatic carbocycles. The van der Waals surface area contributed by atoms with E-state index in [2.05, 4.69) is 97.1 Å². The number of fused-ring (bicyclic) bond motifs is 4. The standard InChI is InChI=1S/C13H9.C9H7.C2H6.2ClH.Zr/c1-3-7-12-10(5-1)9-11-6-2-4-8-13(11)12;1-2-5-9-7-3-6-8(9)4-1;1-2;;;/h1-9H;1-7H;1-2H3;2*1H;/q2*-1;;;;+4/p-2. The molecule has 0 aromatic heterocycles. The van der Waals surface area contributed by atoms with Gasteiger partial charge in [-0.05, 0) is 0 Å². The van der Waals surface area contributed by atoms with Crippen molar-refractivity contribution in [3.8, 4) is 0 Å². The van der Waals surface area contributed by atoms with Crippen LogP contribution in [-0.2, 0) is 26.2 Å². The number of hydrogen-bond donors (Lipinski definition) is 0.